The molecule has 0 spiro atoms. The highest BCUT2D eigenvalue weighted by Crippen LogP contribution is 2.25. The van der Waals surface area contributed by atoms with E-state index in [-0.39, 0.29) is 5.91 Å². The number of benzene rings is 2. The molecule has 114 valence electrons. The molecule has 0 aliphatic heterocycles. The minimum absolute atomic E-state index is 0.0926. The van der Waals surface area contributed by atoms with Crippen molar-refractivity contribution in [3.05, 3.63) is 63.6 Å². The predicted octanol–water partition coefficient (Wildman–Crippen LogP) is 3.75. The van der Waals surface area contributed by atoms with Crippen LogP contribution in [0.2, 0.25) is 0 Å². The largest absolute Gasteiger partial charge is 0.492 e. The summed E-state index contributed by atoms with van der Waals surface area (Å²) >= 11 is 3.38. The van der Waals surface area contributed by atoms with E-state index in [1.54, 1.807) is 6.07 Å². The summed E-state index contributed by atoms with van der Waals surface area (Å²) < 4.78 is 6.52. The maximum atomic E-state index is 12.0. The van der Waals surface area contributed by atoms with Gasteiger partial charge < -0.3 is 10.1 Å². The molecule has 4 heteroatoms. The van der Waals surface area contributed by atoms with E-state index in [1.165, 1.54) is 24.0 Å². The minimum Gasteiger partial charge on any atom is -0.492 e. The Morgan fingerprint density at radius 3 is 2.82 bits per heavy atom. The lowest BCUT2D eigenvalue weighted by atomic mass is 10.1. The van der Waals surface area contributed by atoms with Gasteiger partial charge in [0.2, 0.25) is 0 Å². The second-order valence-corrected chi connectivity index (χ2v) is 6.22. The molecule has 0 saturated carbocycles. The van der Waals surface area contributed by atoms with E-state index in [4.69, 9.17) is 4.74 Å². The van der Waals surface area contributed by atoms with Crippen LogP contribution in [0, 0.1) is 0 Å². The maximum Gasteiger partial charge on any atom is 0.252 e. The number of halogens is 1. The van der Waals surface area contributed by atoms with Crippen molar-refractivity contribution in [1.82, 2.24) is 5.32 Å². The number of ether oxygens (including phenoxy) is 1. The number of carbonyl (C=O) groups excluding carboxylic acids is 1. The van der Waals surface area contributed by atoms with Crippen molar-refractivity contribution in [3.8, 4) is 5.75 Å². The van der Waals surface area contributed by atoms with Gasteiger partial charge in [0, 0.05) is 4.47 Å². The molecule has 1 N–H and O–H groups in total. The Labute approximate surface area is 138 Å². The van der Waals surface area contributed by atoms with Crippen molar-refractivity contribution in [3.63, 3.8) is 0 Å². The molecule has 2 aromatic rings. The van der Waals surface area contributed by atoms with Crippen molar-refractivity contribution < 1.29 is 9.53 Å². The summed E-state index contributed by atoms with van der Waals surface area (Å²) in [5.41, 5.74) is 3.48. The highest BCUT2D eigenvalue weighted by Gasteiger charge is 2.11. The number of rotatable bonds is 5. The van der Waals surface area contributed by atoms with Crippen molar-refractivity contribution >= 4 is 21.8 Å². The van der Waals surface area contributed by atoms with E-state index in [9.17, 15) is 4.79 Å². The van der Waals surface area contributed by atoms with Crippen LogP contribution in [0.25, 0.3) is 0 Å². The molecule has 2 aromatic carbocycles. The SMILES string of the molecule is O=C(NCCOc1ccc2c(c1)CCC2)c1ccccc1Br. The van der Waals surface area contributed by atoms with E-state index in [1.807, 2.05) is 24.3 Å². The zero-order chi connectivity index (χ0) is 15.4. The molecule has 0 heterocycles. The van der Waals surface area contributed by atoms with E-state index in [0.29, 0.717) is 18.7 Å². The third kappa shape index (κ3) is 3.50. The summed E-state index contributed by atoms with van der Waals surface area (Å²) in [6, 6.07) is 13.7. The summed E-state index contributed by atoms with van der Waals surface area (Å²) in [5, 5.41) is 2.87. The smallest absolute Gasteiger partial charge is 0.252 e. The van der Waals surface area contributed by atoms with E-state index < -0.39 is 0 Å². The van der Waals surface area contributed by atoms with Crippen molar-refractivity contribution in [2.24, 2.45) is 0 Å². The summed E-state index contributed by atoms with van der Waals surface area (Å²) in [6.45, 7) is 0.951. The van der Waals surface area contributed by atoms with Gasteiger partial charge in [0.15, 0.2) is 0 Å². The lowest BCUT2D eigenvalue weighted by molar-refractivity contribution is 0.0946. The summed E-state index contributed by atoms with van der Waals surface area (Å²) in [5.74, 6) is 0.792. The van der Waals surface area contributed by atoms with Crippen LogP contribution in [0.15, 0.2) is 46.9 Å². The lowest BCUT2D eigenvalue weighted by Crippen LogP contribution is -2.28. The standard InChI is InChI=1S/C18H18BrNO2/c19-17-7-2-1-6-16(17)18(21)20-10-11-22-15-9-8-13-4-3-5-14(13)12-15/h1-2,6-9,12H,3-5,10-11H2,(H,20,21). The Bertz CT molecular complexity index is 685. The molecule has 1 amide bonds. The van der Waals surface area contributed by atoms with Gasteiger partial charge in [-0.05, 0) is 70.6 Å². The fourth-order valence-corrected chi connectivity index (χ4v) is 3.18. The van der Waals surface area contributed by atoms with Gasteiger partial charge in [0.25, 0.3) is 5.91 Å². The normalized spacial score (nSPS) is 12.8. The van der Waals surface area contributed by atoms with Crippen LogP contribution in [-0.2, 0) is 12.8 Å². The molecule has 1 aliphatic carbocycles. The molecular weight excluding hydrogens is 342 g/mol. The number of nitrogens with one attached hydrogen (secondary N) is 1. The molecule has 22 heavy (non-hydrogen) atoms. The number of hydrogen-bond acceptors (Lipinski definition) is 2. The Morgan fingerprint density at radius 2 is 1.95 bits per heavy atom. The molecule has 0 fully saturated rings. The average molecular weight is 360 g/mol. The molecule has 0 unspecified atom stereocenters. The zero-order valence-electron chi connectivity index (χ0n) is 12.3. The number of aryl methyl sites for hydroxylation is 2. The third-order valence-corrected chi connectivity index (χ3v) is 4.54. The monoisotopic (exact) mass is 359 g/mol. The van der Waals surface area contributed by atoms with Gasteiger partial charge in [0.05, 0.1) is 12.1 Å². The first kappa shape index (κ1) is 15.1. The zero-order valence-corrected chi connectivity index (χ0v) is 13.9. The number of carbonyl (C=O) groups is 1. The molecule has 1 aliphatic rings. The van der Waals surface area contributed by atoms with Crippen LogP contribution in [-0.4, -0.2) is 19.1 Å². The van der Waals surface area contributed by atoms with Crippen molar-refractivity contribution in [2.75, 3.05) is 13.2 Å². The summed E-state index contributed by atoms with van der Waals surface area (Å²) in [4.78, 5) is 12.0. The molecule has 0 saturated heterocycles. The Balaban J connectivity index is 1.48. The fraction of sp³-hybridized carbons (Fsp3) is 0.278. The first-order valence-electron chi connectivity index (χ1n) is 7.51. The van der Waals surface area contributed by atoms with Gasteiger partial charge in [-0.1, -0.05) is 18.2 Å². The Morgan fingerprint density at radius 1 is 1.14 bits per heavy atom. The Hall–Kier alpha value is -1.81. The van der Waals surface area contributed by atoms with Crippen LogP contribution in [0.3, 0.4) is 0 Å². The van der Waals surface area contributed by atoms with E-state index in [0.717, 1.165) is 16.6 Å². The molecular formula is C18H18BrNO2. The molecule has 0 bridgehead atoms. The van der Waals surface area contributed by atoms with Gasteiger partial charge in [-0.3, -0.25) is 4.79 Å². The van der Waals surface area contributed by atoms with Crippen LogP contribution < -0.4 is 10.1 Å². The second-order valence-electron chi connectivity index (χ2n) is 5.37. The number of hydrogen-bond donors (Lipinski definition) is 1. The molecule has 3 rings (SSSR count). The molecule has 0 aromatic heterocycles. The second kappa shape index (κ2) is 6.97. The summed E-state index contributed by atoms with van der Waals surface area (Å²) in [6.07, 6.45) is 3.56. The van der Waals surface area contributed by atoms with Gasteiger partial charge in [-0.15, -0.1) is 0 Å². The maximum absolute atomic E-state index is 12.0. The average Bonchev–Trinajstić information content (AvgIpc) is 2.99. The van der Waals surface area contributed by atoms with Gasteiger partial charge in [-0.25, -0.2) is 0 Å². The van der Waals surface area contributed by atoms with E-state index >= 15 is 0 Å². The fourth-order valence-electron chi connectivity index (χ4n) is 2.71. The minimum atomic E-state index is -0.0926. The van der Waals surface area contributed by atoms with Crippen LogP contribution >= 0.6 is 15.9 Å². The first-order valence-corrected chi connectivity index (χ1v) is 8.30. The van der Waals surface area contributed by atoms with Crippen LogP contribution in [0.1, 0.15) is 27.9 Å². The topological polar surface area (TPSA) is 38.3 Å². The molecule has 0 atom stereocenters. The van der Waals surface area contributed by atoms with Crippen LogP contribution in [0.5, 0.6) is 5.75 Å². The lowest BCUT2D eigenvalue weighted by Gasteiger charge is -2.10. The Kier molecular flexibility index (Phi) is 4.78. The molecule has 3 nitrogen and oxygen atoms in total. The highest BCUT2D eigenvalue weighted by molar-refractivity contribution is 9.10. The number of amides is 1. The first-order chi connectivity index (χ1) is 10.7. The predicted molar refractivity (Wildman–Crippen MR) is 90.4 cm³/mol. The van der Waals surface area contributed by atoms with Crippen molar-refractivity contribution in [1.29, 1.82) is 0 Å². The van der Waals surface area contributed by atoms with Gasteiger partial charge in [-0.2, -0.15) is 0 Å². The summed E-state index contributed by atoms with van der Waals surface area (Å²) in [7, 11) is 0. The van der Waals surface area contributed by atoms with Crippen molar-refractivity contribution in [2.45, 2.75) is 19.3 Å². The van der Waals surface area contributed by atoms with Gasteiger partial charge >= 0.3 is 0 Å². The molecule has 0 radical (unpaired) electrons. The highest BCUT2D eigenvalue weighted by atomic mass is 79.9. The van der Waals surface area contributed by atoms with E-state index in [2.05, 4.69) is 33.4 Å². The third-order valence-electron chi connectivity index (χ3n) is 3.84. The number of fused-ring (bicyclic) bond motifs is 1. The van der Waals surface area contributed by atoms with Gasteiger partial charge in [0.1, 0.15) is 12.4 Å². The quantitative estimate of drug-likeness (QED) is 0.825. The van der Waals surface area contributed by atoms with Crippen LogP contribution in [0.4, 0.5) is 0 Å².